The maximum absolute atomic E-state index is 6.29. The summed E-state index contributed by atoms with van der Waals surface area (Å²) in [5.74, 6) is 0.876. The Morgan fingerprint density at radius 3 is 2.65 bits per heavy atom. The molecule has 1 atom stereocenters. The van der Waals surface area contributed by atoms with Crippen molar-refractivity contribution in [2.45, 2.75) is 26.3 Å². The third-order valence-electron chi connectivity index (χ3n) is 4.21. The van der Waals surface area contributed by atoms with Crippen molar-refractivity contribution in [3.05, 3.63) is 41.7 Å². The van der Waals surface area contributed by atoms with E-state index < -0.39 is 5.50 Å². The van der Waals surface area contributed by atoms with Gasteiger partial charge >= 0.3 is 0 Å². The molecule has 0 fully saturated rings. The molecule has 2 radical (unpaired) electrons. The molecule has 2 aliphatic heterocycles. The summed E-state index contributed by atoms with van der Waals surface area (Å²) >= 11 is 0. The predicted molar refractivity (Wildman–Crippen MR) is 83.7 cm³/mol. The second-order valence-electron chi connectivity index (χ2n) is 5.78. The second-order valence-corrected chi connectivity index (χ2v) is 5.78. The van der Waals surface area contributed by atoms with E-state index in [1.54, 1.807) is 0 Å². The van der Waals surface area contributed by atoms with Gasteiger partial charge in [-0.2, -0.15) is 0 Å². The highest BCUT2D eigenvalue weighted by atomic mass is 16.5. The van der Waals surface area contributed by atoms with E-state index in [1.807, 2.05) is 13.8 Å². The van der Waals surface area contributed by atoms with E-state index in [-0.39, 0.29) is 0 Å². The van der Waals surface area contributed by atoms with Crippen LogP contribution in [0.5, 0.6) is 5.75 Å². The average Bonchev–Trinajstić information content (AvgIpc) is 2.82. The fourth-order valence-corrected chi connectivity index (χ4v) is 2.70. The Hall–Kier alpha value is -1.84. The molecule has 0 aromatic heterocycles. The normalized spacial score (nSPS) is 25.0. The summed E-state index contributed by atoms with van der Waals surface area (Å²) in [5.41, 5.74) is 3.73. The van der Waals surface area contributed by atoms with Crippen LogP contribution in [0.15, 0.2) is 36.2 Å². The van der Waals surface area contributed by atoms with Crippen molar-refractivity contribution in [1.29, 1.82) is 0 Å². The summed E-state index contributed by atoms with van der Waals surface area (Å²) in [7, 11) is 8.35. The number of hydrogen-bond acceptors (Lipinski definition) is 3. The number of anilines is 1. The minimum Gasteiger partial charge on any atom is -0.491 e. The predicted octanol–water partition coefficient (Wildman–Crippen LogP) is 2.94. The van der Waals surface area contributed by atoms with Crippen LogP contribution in [-0.2, 0) is 0 Å². The highest BCUT2D eigenvalue weighted by Gasteiger charge is 2.32. The van der Waals surface area contributed by atoms with Crippen LogP contribution < -0.4 is 9.64 Å². The first-order chi connectivity index (χ1) is 9.40. The van der Waals surface area contributed by atoms with Gasteiger partial charge < -0.3 is 14.5 Å². The topological polar surface area (TPSA) is 15.7 Å². The minimum absolute atomic E-state index is 0.747. The number of benzene rings is 1. The first-order valence-corrected chi connectivity index (χ1v) is 6.84. The lowest BCUT2D eigenvalue weighted by Gasteiger charge is -2.37. The highest BCUT2D eigenvalue weighted by molar-refractivity contribution is 6.18. The summed E-state index contributed by atoms with van der Waals surface area (Å²) in [4.78, 5) is 4.29. The molecule has 1 unspecified atom stereocenters. The molecule has 2 aliphatic rings. The first-order valence-electron chi connectivity index (χ1n) is 6.84. The second kappa shape index (κ2) is 4.34. The number of nitrogens with zero attached hydrogens (tertiary/aromatic N) is 2. The number of hydrogen-bond donors (Lipinski definition) is 0. The van der Waals surface area contributed by atoms with E-state index in [4.69, 9.17) is 12.6 Å². The minimum atomic E-state index is -0.747. The lowest BCUT2D eigenvalue weighted by atomic mass is 9.73. The number of ether oxygens (including phenoxy) is 1. The zero-order valence-corrected chi connectivity index (χ0v) is 12.5. The number of para-hydroxylation sites is 1. The summed E-state index contributed by atoms with van der Waals surface area (Å²) < 4.78 is 6.11. The maximum Gasteiger partial charge on any atom is 0.150 e. The smallest absolute Gasteiger partial charge is 0.150 e. The van der Waals surface area contributed by atoms with E-state index in [9.17, 15) is 0 Å². The fraction of sp³-hybridized carbons (Fsp3) is 0.375. The molecule has 4 heteroatoms. The molecule has 3 nitrogen and oxygen atoms in total. The zero-order chi connectivity index (χ0) is 14.5. The Morgan fingerprint density at radius 1 is 1.25 bits per heavy atom. The maximum atomic E-state index is 6.29. The fourth-order valence-electron chi connectivity index (χ4n) is 2.70. The first kappa shape index (κ1) is 13.2. The van der Waals surface area contributed by atoms with Gasteiger partial charge in [-0.15, -0.1) is 0 Å². The van der Waals surface area contributed by atoms with E-state index in [2.05, 4.69) is 54.4 Å². The van der Waals surface area contributed by atoms with E-state index in [0.717, 1.165) is 29.2 Å². The van der Waals surface area contributed by atoms with Crippen LogP contribution in [-0.4, -0.2) is 32.0 Å². The molecule has 0 bridgehead atoms. The average molecular weight is 266 g/mol. The molecular weight excluding hydrogens is 247 g/mol. The molecule has 102 valence electrons. The van der Waals surface area contributed by atoms with Gasteiger partial charge in [0.15, 0.2) is 5.75 Å². The van der Waals surface area contributed by atoms with Crippen LogP contribution in [0.4, 0.5) is 5.69 Å². The highest BCUT2D eigenvalue weighted by Crippen LogP contribution is 2.45. The van der Waals surface area contributed by atoms with Crippen molar-refractivity contribution in [3.63, 3.8) is 0 Å². The Labute approximate surface area is 121 Å². The SMILES string of the molecule is [B]C1(C)Oc2c(cccc2N2C=CN(C)C2)C(C)=C1C. The third kappa shape index (κ3) is 1.91. The molecule has 0 saturated heterocycles. The summed E-state index contributed by atoms with van der Waals surface area (Å²) in [6, 6.07) is 6.24. The van der Waals surface area contributed by atoms with Gasteiger partial charge in [0.25, 0.3) is 0 Å². The van der Waals surface area contributed by atoms with Gasteiger partial charge in [0.05, 0.1) is 17.9 Å². The summed E-state index contributed by atoms with van der Waals surface area (Å²) in [6.45, 7) is 6.88. The van der Waals surface area contributed by atoms with Crippen LogP contribution in [0, 0.1) is 0 Å². The molecule has 0 aliphatic carbocycles. The molecule has 0 spiro atoms. The van der Waals surface area contributed by atoms with Crippen molar-refractivity contribution < 1.29 is 4.74 Å². The van der Waals surface area contributed by atoms with E-state index in [1.165, 1.54) is 5.57 Å². The zero-order valence-electron chi connectivity index (χ0n) is 12.5. The van der Waals surface area contributed by atoms with Gasteiger partial charge in [-0.25, -0.2) is 0 Å². The van der Waals surface area contributed by atoms with Gasteiger partial charge in [-0.05, 0) is 38.0 Å². The molecule has 1 aromatic carbocycles. The van der Waals surface area contributed by atoms with Crippen LogP contribution in [0.2, 0.25) is 0 Å². The van der Waals surface area contributed by atoms with Crippen molar-refractivity contribution in [3.8, 4) is 5.75 Å². The number of allylic oxidation sites excluding steroid dienone is 1. The molecule has 0 N–H and O–H groups in total. The van der Waals surface area contributed by atoms with Crippen LogP contribution >= 0.6 is 0 Å². The number of fused-ring (bicyclic) bond motifs is 1. The molecular formula is C16H19BN2O. The van der Waals surface area contributed by atoms with Crippen LogP contribution in [0.1, 0.15) is 26.3 Å². The van der Waals surface area contributed by atoms with Crippen molar-refractivity contribution in [2.75, 3.05) is 18.6 Å². The van der Waals surface area contributed by atoms with Crippen LogP contribution in [0.25, 0.3) is 5.57 Å². The quantitative estimate of drug-likeness (QED) is 0.727. The standard InChI is InChI=1S/C16H19BN2O/c1-11-12(2)16(3,17)20-15-13(11)6-5-7-14(15)19-9-8-18(4)10-19/h5-9H,10H2,1-4H3. The molecule has 3 rings (SSSR count). The van der Waals surface area contributed by atoms with Gasteiger partial charge in [0, 0.05) is 25.0 Å². The third-order valence-corrected chi connectivity index (χ3v) is 4.21. The molecule has 0 amide bonds. The number of rotatable bonds is 1. The van der Waals surface area contributed by atoms with Gasteiger partial charge in [-0.1, -0.05) is 12.1 Å². The van der Waals surface area contributed by atoms with Gasteiger partial charge in [-0.3, -0.25) is 0 Å². The monoisotopic (exact) mass is 266 g/mol. The van der Waals surface area contributed by atoms with E-state index in [0.29, 0.717) is 0 Å². The van der Waals surface area contributed by atoms with Crippen molar-refractivity contribution in [1.82, 2.24) is 4.90 Å². The lowest BCUT2D eigenvalue weighted by molar-refractivity contribution is 0.210. The van der Waals surface area contributed by atoms with Crippen molar-refractivity contribution in [2.24, 2.45) is 0 Å². The molecule has 0 saturated carbocycles. The Bertz CT molecular complexity index is 619. The van der Waals surface area contributed by atoms with E-state index >= 15 is 0 Å². The van der Waals surface area contributed by atoms with Crippen molar-refractivity contribution >= 4 is 19.1 Å². The Balaban J connectivity index is 2.12. The largest absolute Gasteiger partial charge is 0.491 e. The Kier molecular flexibility index (Phi) is 2.85. The summed E-state index contributed by atoms with van der Waals surface area (Å²) in [5, 5.41) is 0. The molecule has 20 heavy (non-hydrogen) atoms. The molecule has 2 heterocycles. The van der Waals surface area contributed by atoms with Crippen LogP contribution in [0.3, 0.4) is 0 Å². The van der Waals surface area contributed by atoms with Gasteiger partial charge in [0.1, 0.15) is 7.85 Å². The summed E-state index contributed by atoms with van der Waals surface area (Å²) in [6.07, 6.45) is 4.12. The lowest BCUT2D eigenvalue weighted by Crippen LogP contribution is -2.38. The van der Waals surface area contributed by atoms with Gasteiger partial charge in [0.2, 0.25) is 0 Å². The Morgan fingerprint density at radius 2 is 2.00 bits per heavy atom. The molecule has 1 aromatic rings.